The van der Waals surface area contributed by atoms with Crippen LogP contribution >= 0.6 is 27.3 Å². The molecule has 0 unspecified atom stereocenters. The molecule has 19 heavy (non-hydrogen) atoms. The highest BCUT2D eigenvalue weighted by Gasteiger charge is 2.04. The molecular formula is C14H16BrNO2S. The number of nitrogens with zero attached hydrogens (tertiary/aromatic N) is 1. The molecule has 0 saturated carbocycles. The maximum Gasteiger partial charge on any atom is 0.0955 e. The fourth-order valence-electron chi connectivity index (χ4n) is 1.58. The van der Waals surface area contributed by atoms with Gasteiger partial charge >= 0.3 is 0 Å². The predicted molar refractivity (Wildman–Crippen MR) is 81.6 cm³/mol. The zero-order valence-electron chi connectivity index (χ0n) is 10.8. The van der Waals surface area contributed by atoms with Crippen LogP contribution < -0.4 is 0 Å². The zero-order chi connectivity index (χ0) is 13.5. The quantitative estimate of drug-likeness (QED) is 0.718. The van der Waals surface area contributed by atoms with Crippen LogP contribution in [0.1, 0.15) is 5.01 Å². The molecule has 3 nitrogen and oxygen atoms in total. The lowest BCUT2D eigenvalue weighted by Crippen LogP contribution is -2.04. The zero-order valence-corrected chi connectivity index (χ0v) is 13.2. The Morgan fingerprint density at radius 2 is 1.95 bits per heavy atom. The van der Waals surface area contributed by atoms with Gasteiger partial charge in [0.05, 0.1) is 30.5 Å². The molecule has 2 aromatic rings. The van der Waals surface area contributed by atoms with Crippen LogP contribution in [0.5, 0.6) is 0 Å². The molecule has 0 fully saturated rings. The molecule has 0 spiro atoms. The minimum Gasteiger partial charge on any atom is -0.382 e. The normalized spacial score (nSPS) is 10.8. The van der Waals surface area contributed by atoms with E-state index in [1.54, 1.807) is 18.4 Å². The first-order chi connectivity index (χ1) is 9.29. The summed E-state index contributed by atoms with van der Waals surface area (Å²) in [7, 11) is 1.68. The van der Waals surface area contributed by atoms with Gasteiger partial charge in [0.1, 0.15) is 0 Å². The number of rotatable bonds is 7. The second-order valence-electron chi connectivity index (χ2n) is 3.99. The van der Waals surface area contributed by atoms with E-state index in [0.29, 0.717) is 19.8 Å². The van der Waals surface area contributed by atoms with Gasteiger partial charge in [0.25, 0.3) is 0 Å². The van der Waals surface area contributed by atoms with Crippen molar-refractivity contribution in [2.24, 2.45) is 0 Å². The van der Waals surface area contributed by atoms with Gasteiger partial charge < -0.3 is 9.47 Å². The van der Waals surface area contributed by atoms with Crippen molar-refractivity contribution in [3.8, 4) is 11.3 Å². The second kappa shape index (κ2) is 7.75. The van der Waals surface area contributed by atoms with Crippen molar-refractivity contribution in [1.29, 1.82) is 0 Å². The van der Waals surface area contributed by atoms with E-state index in [-0.39, 0.29) is 0 Å². The largest absolute Gasteiger partial charge is 0.382 e. The van der Waals surface area contributed by atoms with Crippen LogP contribution in [0.4, 0.5) is 0 Å². The lowest BCUT2D eigenvalue weighted by molar-refractivity contribution is 0.0722. The van der Waals surface area contributed by atoms with Gasteiger partial charge in [-0.1, -0.05) is 28.1 Å². The molecule has 5 heteroatoms. The first-order valence-corrected chi connectivity index (χ1v) is 7.74. The molecule has 0 atom stereocenters. The average Bonchev–Trinajstić information content (AvgIpc) is 2.88. The standard InChI is InChI=1S/C14H16BrNO2S/c1-17-8-9-18-7-6-14-16-13(10-19-14)11-2-4-12(15)5-3-11/h2-5,10H,6-9H2,1H3. The minimum absolute atomic E-state index is 0.640. The van der Waals surface area contributed by atoms with Crippen molar-refractivity contribution in [2.45, 2.75) is 6.42 Å². The minimum atomic E-state index is 0.640. The summed E-state index contributed by atoms with van der Waals surface area (Å²) in [6.45, 7) is 1.97. The van der Waals surface area contributed by atoms with Gasteiger partial charge in [0.2, 0.25) is 0 Å². The third kappa shape index (κ3) is 4.69. The molecule has 1 aromatic heterocycles. The molecule has 0 amide bonds. The summed E-state index contributed by atoms with van der Waals surface area (Å²) < 4.78 is 11.4. The summed E-state index contributed by atoms with van der Waals surface area (Å²) in [5.41, 5.74) is 2.18. The van der Waals surface area contributed by atoms with Crippen LogP contribution in [-0.4, -0.2) is 31.9 Å². The summed E-state index contributed by atoms with van der Waals surface area (Å²) in [6, 6.07) is 8.19. The predicted octanol–water partition coefficient (Wildman–Crippen LogP) is 3.78. The fourth-order valence-corrected chi connectivity index (χ4v) is 2.64. The number of methoxy groups -OCH3 is 1. The number of ether oxygens (including phenoxy) is 2. The van der Waals surface area contributed by atoms with Crippen molar-refractivity contribution < 1.29 is 9.47 Å². The van der Waals surface area contributed by atoms with Crippen LogP contribution in [0.2, 0.25) is 0 Å². The smallest absolute Gasteiger partial charge is 0.0955 e. The molecule has 102 valence electrons. The van der Waals surface area contributed by atoms with E-state index in [0.717, 1.165) is 27.2 Å². The Labute approximate surface area is 125 Å². The third-order valence-electron chi connectivity index (χ3n) is 2.58. The lowest BCUT2D eigenvalue weighted by atomic mass is 10.2. The van der Waals surface area contributed by atoms with Gasteiger partial charge in [-0.15, -0.1) is 11.3 Å². The van der Waals surface area contributed by atoms with E-state index in [4.69, 9.17) is 9.47 Å². The lowest BCUT2D eigenvalue weighted by Gasteiger charge is -2.01. The monoisotopic (exact) mass is 341 g/mol. The Hall–Kier alpha value is -0.750. The fraction of sp³-hybridized carbons (Fsp3) is 0.357. The Morgan fingerprint density at radius 1 is 1.16 bits per heavy atom. The van der Waals surface area contributed by atoms with Crippen molar-refractivity contribution in [2.75, 3.05) is 26.9 Å². The molecule has 0 saturated heterocycles. The maximum atomic E-state index is 5.44. The van der Waals surface area contributed by atoms with E-state index in [1.165, 1.54) is 0 Å². The summed E-state index contributed by atoms with van der Waals surface area (Å²) >= 11 is 5.11. The van der Waals surface area contributed by atoms with Gasteiger partial charge in [-0.25, -0.2) is 4.98 Å². The molecular weight excluding hydrogens is 326 g/mol. The highest BCUT2D eigenvalue weighted by Crippen LogP contribution is 2.23. The molecule has 2 rings (SSSR count). The Balaban J connectivity index is 1.86. The van der Waals surface area contributed by atoms with Crippen molar-refractivity contribution in [3.05, 3.63) is 39.1 Å². The van der Waals surface area contributed by atoms with Gasteiger partial charge in [0, 0.05) is 28.9 Å². The van der Waals surface area contributed by atoms with Crippen molar-refractivity contribution >= 4 is 27.3 Å². The number of aromatic nitrogens is 1. The number of thiazole rings is 1. The first kappa shape index (κ1) is 14.7. The van der Waals surface area contributed by atoms with E-state index in [9.17, 15) is 0 Å². The average molecular weight is 342 g/mol. The molecule has 0 N–H and O–H groups in total. The van der Waals surface area contributed by atoms with E-state index < -0.39 is 0 Å². The summed E-state index contributed by atoms with van der Waals surface area (Å²) in [4.78, 5) is 4.62. The molecule has 0 bridgehead atoms. The van der Waals surface area contributed by atoms with Crippen LogP contribution in [0.25, 0.3) is 11.3 Å². The molecule has 0 radical (unpaired) electrons. The first-order valence-electron chi connectivity index (χ1n) is 6.06. The van der Waals surface area contributed by atoms with Crippen molar-refractivity contribution in [3.63, 3.8) is 0 Å². The summed E-state index contributed by atoms with van der Waals surface area (Å²) in [6.07, 6.45) is 0.852. The highest BCUT2D eigenvalue weighted by atomic mass is 79.9. The van der Waals surface area contributed by atoms with E-state index >= 15 is 0 Å². The second-order valence-corrected chi connectivity index (χ2v) is 5.85. The van der Waals surface area contributed by atoms with Crippen LogP contribution in [0.3, 0.4) is 0 Å². The SMILES string of the molecule is COCCOCCc1nc(-c2ccc(Br)cc2)cs1. The number of hydrogen-bond donors (Lipinski definition) is 0. The summed E-state index contributed by atoms with van der Waals surface area (Å²) in [5, 5.41) is 3.20. The van der Waals surface area contributed by atoms with Crippen LogP contribution in [0, 0.1) is 0 Å². The number of halogens is 1. The molecule has 0 aliphatic rings. The van der Waals surface area contributed by atoms with E-state index in [1.807, 2.05) is 12.1 Å². The number of hydrogen-bond acceptors (Lipinski definition) is 4. The number of benzene rings is 1. The van der Waals surface area contributed by atoms with Crippen LogP contribution in [0.15, 0.2) is 34.1 Å². The highest BCUT2D eigenvalue weighted by molar-refractivity contribution is 9.10. The van der Waals surface area contributed by atoms with E-state index in [2.05, 4.69) is 38.4 Å². The maximum absolute atomic E-state index is 5.44. The Kier molecular flexibility index (Phi) is 5.97. The molecule has 1 aromatic carbocycles. The Morgan fingerprint density at radius 3 is 2.68 bits per heavy atom. The molecule has 0 aliphatic carbocycles. The van der Waals surface area contributed by atoms with Gasteiger partial charge in [-0.2, -0.15) is 0 Å². The van der Waals surface area contributed by atoms with Crippen LogP contribution in [-0.2, 0) is 15.9 Å². The molecule has 0 aliphatic heterocycles. The Bertz CT molecular complexity index is 498. The van der Waals surface area contributed by atoms with Gasteiger partial charge in [-0.05, 0) is 12.1 Å². The van der Waals surface area contributed by atoms with Crippen molar-refractivity contribution in [1.82, 2.24) is 4.98 Å². The van der Waals surface area contributed by atoms with Gasteiger partial charge in [0.15, 0.2) is 0 Å². The third-order valence-corrected chi connectivity index (χ3v) is 4.02. The van der Waals surface area contributed by atoms with Gasteiger partial charge in [-0.3, -0.25) is 0 Å². The molecule has 1 heterocycles. The topological polar surface area (TPSA) is 31.4 Å². The summed E-state index contributed by atoms with van der Waals surface area (Å²) in [5.74, 6) is 0.